The Morgan fingerprint density at radius 3 is 3.00 bits per heavy atom. The topological polar surface area (TPSA) is 36.4 Å². The summed E-state index contributed by atoms with van der Waals surface area (Å²) < 4.78 is 0. The Balaban J connectivity index is 1.97. The van der Waals surface area contributed by atoms with Crippen molar-refractivity contribution in [1.29, 1.82) is 0 Å². The van der Waals surface area contributed by atoms with Gasteiger partial charge in [0.2, 0.25) is 0 Å². The summed E-state index contributed by atoms with van der Waals surface area (Å²) in [5.74, 6) is 0. The van der Waals surface area contributed by atoms with Gasteiger partial charge in [-0.2, -0.15) is 0 Å². The summed E-state index contributed by atoms with van der Waals surface area (Å²) >= 11 is 1.58. The second kappa shape index (κ2) is 4.71. The van der Waals surface area contributed by atoms with Gasteiger partial charge >= 0.3 is 0 Å². The molecular weight excluding hydrogens is 244 g/mol. The Kier molecular flexibility index (Phi) is 3.06. The van der Waals surface area contributed by atoms with Gasteiger partial charge in [-0.15, -0.1) is 0 Å². The number of aliphatic hydroxyl groups is 1. The highest BCUT2D eigenvalue weighted by molar-refractivity contribution is 7.15. The van der Waals surface area contributed by atoms with Crippen LogP contribution in [0.5, 0.6) is 0 Å². The molecule has 0 fully saturated rings. The average molecular weight is 260 g/mol. The number of benzene rings is 1. The predicted molar refractivity (Wildman–Crippen MR) is 74.5 cm³/mol. The SMILES string of the molecule is CC(O)c1cnc(N2CCCc3ccccc32)s1. The smallest absolute Gasteiger partial charge is 0.190 e. The summed E-state index contributed by atoms with van der Waals surface area (Å²) in [6, 6.07) is 8.49. The van der Waals surface area contributed by atoms with E-state index in [4.69, 9.17) is 0 Å². The van der Waals surface area contributed by atoms with Crippen LogP contribution in [0, 0.1) is 0 Å². The van der Waals surface area contributed by atoms with E-state index in [2.05, 4.69) is 34.1 Å². The number of rotatable bonds is 2. The summed E-state index contributed by atoms with van der Waals surface area (Å²) in [6.45, 7) is 2.78. The third-order valence-electron chi connectivity index (χ3n) is 3.26. The first-order valence-corrected chi connectivity index (χ1v) is 7.06. The first kappa shape index (κ1) is 11.7. The van der Waals surface area contributed by atoms with E-state index in [0.29, 0.717) is 0 Å². The molecule has 2 aromatic rings. The lowest BCUT2D eigenvalue weighted by Crippen LogP contribution is -2.24. The van der Waals surface area contributed by atoms with Gasteiger partial charge in [0.15, 0.2) is 5.13 Å². The first-order chi connectivity index (χ1) is 8.75. The van der Waals surface area contributed by atoms with Gasteiger partial charge in [-0.25, -0.2) is 4.98 Å². The zero-order valence-corrected chi connectivity index (χ0v) is 11.2. The molecule has 3 nitrogen and oxygen atoms in total. The van der Waals surface area contributed by atoms with E-state index in [-0.39, 0.29) is 0 Å². The van der Waals surface area contributed by atoms with Crippen molar-refractivity contribution in [3.8, 4) is 0 Å². The molecule has 1 aromatic carbocycles. The maximum atomic E-state index is 9.58. The number of nitrogens with zero attached hydrogens (tertiary/aromatic N) is 2. The number of aromatic nitrogens is 1. The van der Waals surface area contributed by atoms with Crippen molar-refractivity contribution in [2.24, 2.45) is 0 Å². The van der Waals surface area contributed by atoms with Crippen LogP contribution in [0.1, 0.15) is 29.9 Å². The lowest BCUT2D eigenvalue weighted by molar-refractivity contribution is 0.203. The molecule has 1 aliphatic rings. The predicted octanol–water partition coefficient (Wildman–Crippen LogP) is 3.28. The minimum atomic E-state index is -0.434. The van der Waals surface area contributed by atoms with Crippen molar-refractivity contribution in [1.82, 2.24) is 4.98 Å². The van der Waals surface area contributed by atoms with Crippen LogP contribution in [0.2, 0.25) is 0 Å². The molecule has 1 atom stereocenters. The van der Waals surface area contributed by atoms with Crippen molar-refractivity contribution in [2.75, 3.05) is 11.4 Å². The molecule has 4 heteroatoms. The van der Waals surface area contributed by atoms with E-state index in [1.807, 2.05) is 0 Å². The number of anilines is 2. The maximum Gasteiger partial charge on any atom is 0.190 e. The molecule has 0 bridgehead atoms. The molecule has 18 heavy (non-hydrogen) atoms. The lowest BCUT2D eigenvalue weighted by atomic mass is 10.0. The van der Waals surface area contributed by atoms with Crippen LogP contribution >= 0.6 is 11.3 Å². The molecule has 0 amide bonds. The highest BCUT2D eigenvalue weighted by Crippen LogP contribution is 2.36. The summed E-state index contributed by atoms with van der Waals surface area (Å²) in [5, 5.41) is 10.6. The minimum absolute atomic E-state index is 0.434. The van der Waals surface area contributed by atoms with Crippen LogP contribution in [0.3, 0.4) is 0 Å². The zero-order chi connectivity index (χ0) is 12.5. The Morgan fingerprint density at radius 1 is 1.39 bits per heavy atom. The second-order valence-electron chi connectivity index (χ2n) is 4.61. The Labute approximate surface area is 111 Å². The Morgan fingerprint density at radius 2 is 2.22 bits per heavy atom. The van der Waals surface area contributed by atoms with Gasteiger partial charge in [-0.3, -0.25) is 0 Å². The van der Waals surface area contributed by atoms with Crippen molar-refractivity contribution in [3.05, 3.63) is 40.9 Å². The quantitative estimate of drug-likeness (QED) is 0.900. The monoisotopic (exact) mass is 260 g/mol. The molecule has 1 aromatic heterocycles. The fourth-order valence-electron chi connectivity index (χ4n) is 2.33. The van der Waals surface area contributed by atoms with E-state index in [0.717, 1.165) is 29.4 Å². The van der Waals surface area contributed by atoms with Crippen molar-refractivity contribution < 1.29 is 5.11 Å². The number of para-hydroxylation sites is 1. The van der Waals surface area contributed by atoms with E-state index < -0.39 is 6.10 Å². The molecule has 0 spiro atoms. The van der Waals surface area contributed by atoms with Crippen LogP contribution in [0.15, 0.2) is 30.5 Å². The average Bonchev–Trinajstić information content (AvgIpc) is 2.87. The minimum Gasteiger partial charge on any atom is -0.388 e. The number of thiazole rings is 1. The van der Waals surface area contributed by atoms with Gasteiger partial charge < -0.3 is 10.0 Å². The first-order valence-electron chi connectivity index (χ1n) is 6.25. The van der Waals surface area contributed by atoms with Crippen molar-refractivity contribution >= 4 is 22.2 Å². The highest BCUT2D eigenvalue weighted by atomic mass is 32.1. The number of aliphatic hydroxyl groups excluding tert-OH is 1. The van der Waals surface area contributed by atoms with Crippen LogP contribution in [-0.2, 0) is 6.42 Å². The van der Waals surface area contributed by atoms with E-state index >= 15 is 0 Å². The normalized spacial score (nSPS) is 16.4. The van der Waals surface area contributed by atoms with Gasteiger partial charge in [0.25, 0.3) is 0 Å². The lowest BCUT2D eigenvalue weighted by Gasteiger charge is -2.28. The Bertz CT molecular complexity index is 550. The number of fused-ring (bicyclic) bond motifs is 1. The molecule has 1 aliphatic heterocycles. The second-order valence-corrected chi connectivity index (χ2v) is 5.65. The van der Waals surface area contributed by atoms with Gasteiger partial charge in [0.05, 0.1) is 11.0 Å². The standard InChI is InChI=1S/C14H16N2OS/c1-10(17)13-9-15-14(18-13)16-8-4-6-11-5-2-3-7-12(11)16/h2-3,5,7,9-10,17H,4,6,8H2,1H3. The van der Waals surface area contributed by atoms with E-state index in [1.54, 1.807) is 24.5 Å². The zero-order valence-electron chi connectivity index (χ0n) is 10.3. The van der Waals surface area contributed by atoms with Gasteiger partial charge in [-0.05, 0) is 31.4 Å². The van der Waals surface area contributed by atoms with E-state index in [9.17, 15) is 5.11 Å². The third kappa shape index (κ3) is 2.02. The van der Waals surface area contributed by atoms with E-state index in [1.165, 1.54) is 11.3 Å². The van der Waals surface area contributed by atoms with Crippen LogP contribution in [0.4, 0.5) is 10.8 Å². The Hall–Kier alpha value is -1.39. The number of hydrogen-bond donors (Lipinski definition) is 1. The summed E-state index contributed by atoms with van der Waals surface area (Å²) in [6.07, 6.45) is 3.64. The molecule has 94 valence electrons. The molecular formula is C14H16N2OS. The van der Waals surface area contributed by atoms with Gasteiger partial charge in [0.1, 0.15) is 0 Å². The molecule has 1 unspecified atom stereocenters. The largest absolute Gasteiger partial charge is 0.388 e. The highest BCUT2D eigenvalue weighted by Gasteiger charge is 2.20. The van der Waals surface area contributed by atoms with Gasteiger partial charge in [0, 0.05) is 18.4 Å². The molecule has 0 aliphatic carbocycles. The van der Waals surface area contributed by atoms with Crippen LogP contribution in [-0.4, -0.2) is 16.6 Å². The number of hydrogen-bond acceptors (Lipinski definition) is 4. The van der Waals surface area contributed by atoms with Gasteiger partial charge in [-0.1, -0.05) is 29.5 Å². The van der Waals surface area contributed by atoms with Crippen LogP contribution < -0.4 is 4.90 Å². The fraction of sp³-hybridized carbons (Fsp3) is 0.357. The van der Waals surface area contributed by atoms with Crippen molar-refractivity contribution in [3.63, 3.8) is 0 Å². The molecule has 1 N–H and O–H groups in total. The van der Waals surface area contributed by atoms with Crippen molar-refractivity contribution in [2.45, 2.75) is 25.9 Å². The molecule has 0 saturated heterocycles. The summed E-state index contributed by atoms with van der Waals surface area (Å²) in [5.41, 5.74) is 2.65. The molecule has 0 saturated carbocycles. The maximum absolute atomic E-state index is 9.58. The molecule has 2 heterocycles. The fourth-order valence-corrected chi connectivity index (χ4v) is 3.22. The molecule has 0 radical (unpaired) electrons. The summed E-state index contributed by atoms with van der Waals surface area (Å²) in [4.78, 5) is 7.63. The van der Waals surface area contributed by atoms with Crippen LogP contribution in [0.25, 0.3) is 0 Å². The third-order valence-corrected chi connectivity index (χ3v) is 4.45. The molecule has 3 rings (SSSR count). The summed E-state index contributed by atoms with van der Waals surface area (Å²) in [7, 11) is 0. The number of aryl methyl sites for hydroxylation is 1.